The Labute approximate surface area is 190 Å². The van der Waals surface area contributed by atoms with Gasteiger partial charge < -0.3 is 11.5 Å². The first kappa shape index (κ1) is 23.8. The molecule has 14 heteroatoms. The maximum Gasteiger partial charge on any atom is 0.296 e. The lowest BCUT2D eigenvalue weighted by Gasteiger charge is -2.10. The molecule has 0 saturated heterocycles. The third-order valence-electron chi connectivity index (χ3n) is 4.26. The van der Waals surface area contributed by atoms with E-state index >= 15 is 0 Å². The smallest absolute Gasteiger partial charge is 0.296 e. The van der Waals surface area contributed by atoms with E-state index in [-0.39, 0.29) is 17.1 Å². The molecule has 0 heterocycles. The number of nitrogens with zero attached hydrogens (tertiary/aromatic N) is 4. The quantitative estimate of drug-likeness (QED) is 0.142. The Kier molecular flexibility index (Phi) is 7.01. The summed E-state index contributed by atoms with van der Waals surface area (Å²) in [5, 5.41) is 15.9. The molecule has 33 heavy (non-hydrogen) atoms. The highest BCUT2D eigenvalue weighted by atomic mass is 32.2. The van der Waals surface area contributed by atoms with Crippen molar-refractivity contribution in [2.45, 2.75) is 11.8 Å². The fraction of sp³-hybridized carbons (Fsp3) is 0.0526. The van der Waals surface area contributed by atoms with Crippen LogP contribution in [0.5, 0.6) is 0 Å². The van der Waals surface area contributed by atoms with E-state index in [4.69, 9.17) is 11.5 Å². The first-order chi connectivity index (χ1) is 15.5. The van der Waals surface area contributed by atoms with E-state index in [0.29, 0.717) is 17.1 Å². The molecular weight excluding hydrogens is 470 g/mol. The van der Waals surface area contributed by atoms with Gasteiger partial charge in [0.15, 0.2) is 0 Å². The highest BCUT2D eigenvalue weighted by Gasteiger charge is 2.22. The molecule has 0 aromatic heterocycles. The number of anilines is 3. The molecule has 0 atom stereocenters. The third kappa shape index (κ3) is 6.09. The number of hydrogen-bond donors (Lipinski definition) is 5. The summed E-state index contributed by atoms with van der Waals surface area (Å²) < 4.78 is 56.8. The van der Waals surface area contributed by atoms with Gasteiger partial charge >= 0.3 is 0 Å². The Bertz CT molecular complexity index is 1410. The van der Waals surface area contributed by atoms with Crippen LogP contribution < -0.4 is 16.2 Å². The molecule has 0 amide bonds. The molecule has 0 bridgehead atoms. The molecule has 0 fully saturated rings. The van der Waals surface area contributed by atoms with E-state index in [9.17, 15) is 21.4 Å². The summed E-state index contributed by atoms with van der Waals surface area (Å²) >= 11 is 0. The van der Waals surface area contributed by atoms with E-state index in [1.54, 1.807) is 12.1 Å². The average molecular weight is 490 g/mol. The standard InChI is InChI=1S/C19H19N7O5S2/c1-11-2-4-12(5-3-11)23-25-19-17(20)15(10-16(18(19)21)33(29,30)31)24-22-13-6-8-14(9-7-13)26-32(27)28/h2-10,32H,20-21H2,1H3,(H,26,27,28)(H,29,30,31)/b24-22+,25-23+. The molecule has 172 valence electrons. The summed E-state index contributed by atoms with van der Waals surface area (Å²) in [6, 6.07) is 13.8. The molecule has 0 spiro atoms. The Hall–Kier alpha value is -3.88. The maximum absolute atomic E-state index is 11.8. The highest BCUT2D eigenvalue weighted by Crippen LogP contribution is 2.43. The number of aryl methyl sites for hydroxylation is 1. The normalized spacial score (nSPS) is 12.1. The lowest BCUT2D eigenvalue weighted by molar-refractivity contribution is 0.483. The van der Waals surface area contributed by atoms with E-state index in [1.807, 2.05) is 19.1 Å². The largest absolute Gasteiger partial charge is 0.396 e. The van der Waals surface area contributed by atoms with Gasteiger partial charge in [-0.1, -0.05) is 17.7 Å². The first-order valence-electron chi connectivity index (χ1n) is 9.15. The summed E-state index contributed by atoms with van der Waals surface area (Å²) in [4.78, 5) is -0.651. The maximum atomic E-state index is 11.8. The van der Waals surface area contributed by atoms with Crippen LogP contribution in [-0.2, 0) is 21.0 Å². The van der Waals surface area contributed by atoms with Crippen molar-refractivity contribution in [2.75, 3.05) is 16.2 Å². The lowest BCUT2D eigenvalue weighted by atomic mass is 10.2. The second-order valence-corrected chi connectivity index (χ2v) is 8.82. The van der Waals surface area contributed by atoms with Gasteiger partial charge in [-0.25, -0.2) is 8.42 Å². The molecule has 6 N–H and O–H groups in total. The SMILES string of the molecule is Cc1ccc(/N=N/c2c(N)c(/N=N/c3ccc(N[SH](=O)=O)cc3)cc(S(=O)(=O)O)c2N)cc1. The molecule has 0 aliphatic rings. The molecule has 3 aromatic rings. The Balaban J connectivity index is 2.03. The highest BCUT2D eigenvalue weighted by molar-refractivity contribution is 7.86. The van der Waals surface area contributed by atoms with Crippen molar-refractivity contribution >= 4 is 60.8 Å². The predicted molar refractivity (Wildman–Crippen MR) is 125 cm³/mol. The molecule has 3 aromatic carbocycles. The number of hydrogen-bond acceptors (Lipinski definition) is 10. The van der Waals surface area contributed by atoms with Crippen LogP contribution in [0.25, 0.3) is 0 Å². The van der Waals surface area contributed by atoms with Crippen molar-refractivity contribution in [3.05, 3.63) is 60.2 Å². The van der Waals surface area contributed by atoms with E-state index in [0.717, 1.165) is 11.6 Å². The van der Waals surface area contributed by atoms with Gasteiger partial charge in [0, 0.05) is 5.69 Å². The topological polar surface area (TPSA) is 202 Å². The van der Waals surface area contributed by atoms with Gasteiger partial charge in [0.1, 0.15) is 16.3 Å². The third-order valence-corrected chi connectivity index (χ3v) is 5.59. The summed E-state index contributed by atoms with van der Waals surface area (Å²) in [6.45, 7) is 1.90. The van der Waals surface area contributed by atoms with Gasteiger partial charge in [0.2, 0.25) is 10.9 Å². The number of rotatable bonds is 7. The minimum absolute atomic E-state index is 0.110. The van der Waals surface area contributed by atoms with Crippen molar-refractivity contribution in [3.63, 3.8) is 0 Å². The van der Waals surface area contributed by atoms with Gasteiger partial charge in [-0.2, -0.15) is 18.6 Å². The number of benzene rings is 3. The second-order valence-electron chi connectivity index (χ2n) is 6.70. The zero-order valence-electron chi connectivity index (χ0n) is 17.1. The molecule has 0 unspecified atom stereocenters. The second kappa shape index (κ2) is 9.72. The van der Waals surface area contributed by atoms with Crippen LogP contribution in [-0.4, -0.2) is 21.4 Å². The fourth-order valence-corrected chi connectivity index (χ4v) is 3.60. The molecule has 0 radical (unpaired) electrons. The summed E-state index contributed by atoms with van der Waals surface area (Å²) in [5.74, 6) is 0. The fourth-order valence-electron chi connectivity index (χ4n) is 2.61. The molecule has 0 saturated carbocycles. The number of nitrogens with two attached hydrogens (primary N) is 2. The van der Waals surface area contributed by atoms with Crippen molar-refractivity contribution in [2.24, 2.45) is 20.5 Å². The van der Waals surface area contributed by atoms with E-state index in [2.05, 4.69) is 25.2 Å². The molecular formula is C19H19N7O5S2. The Morgan fingerprint density at radius 2 is 1.39 bits per heavy atom. The van der Waals surface area contributed by atoms with Crippen LogP contribution in [0, 0.1) is 6.92 Å². The molecule has 3 rings (SSSR count). The number of nitrogen functional groups attached to an aromatic ring is 2. The summed E-state index contributed by atoms with van der Waals surface area (Å²) in [6.07, 6.45) is 0. The average Bonchev–Trinajstić information content (AvgIpc) is 2.74. The minimum atomic E-state index is -4.73. The number of azo groups is 2. The Morgan fingerprint density at radius 3 is 1.94 bits per heavy atom. The van der Waals surface area contributed by atoms with Crippen LogP contribution >= 0.6 is 0 Å². The number of thiol groups is 1. The van der Waals surface area contributed by atoms with Gasteiger partial charge in [0.05, 0.1) is 22.7 Å². The van der Waals surface area contributed by atoms with Gasteiger partial charge in [-0.3, -0.25) is 9.27 Å². The van der Waals surface area contributed by atoms with Crippen LogP contribution in [0.1, 0.15) is 5.56 Å². The minimum Gasteiger partial charge on any atom is -0.396 e. The van der Waals surface area contributed by atoms with Crippen molar-refractivity contribution in [1.82, 2.24) is 0 Å². The zero-order chi connectivity index (χ0) is 24.2. The monoisotopic (exact) mass is 489 g/mol. The van der Waals surface area contributed by atoms with Gasteiger partial charge in [-0.15, -0.1) is 10.2 Å². The van der Waals surface area contributed by atoms with Crippen LogP contribution in [0.2, 0.25) is 0 Å². The van der Waals surface area contributed by atoms with Crippen LogP contribution in [0.15, 0.2) is 79.9 Å². The molecule has 12 nitrogen and oxygen atoms in total. The first-order valence-corrected chi connectivity index (χ1v) is 11.8. The van der Waals surface area contributed by atoms with Gasteiger partial charge in [0.25, 0.3) is 10.1 Å². The molecule has 0 aliphatic heterocycles. The Morgan fingerprint density at radius 1 is 0.848 bits per heavy atom. The van der Waals surface area contributed by atoms with Crippen molar-refractivity contribution < 1.29 is 21.4 Å². The van der Waals surface area contributed by atoms with E-state index < -0.39 is 31.6 Å². The van der Waals surface area contributed by atoms with Crippen molar-refractivity contribution in [1.29, 1.82) is 0 Å². The van der Waals surface area contributed by atoms with Gasteiger partial charge in [-0.05, 0) is 49.4 Å². The van der Waals surface area contributed by atoms with Crippen LogP contribution in [0.3, 0.4) is 0 Å². The summed E-state index contributed by atoms with van der Waals surface area (Å²) in [5.41, 5.74) is 13.3. The zero-order valence-corrected chi connectivity index (χ0v) is 18.8. The van der Waals surface area contributed by atoms with Crippen molar-refractivity contribution in [3.8, 4) is 0 Å². The predicted octanol–water partition coefficient (Wildman–Crippen LogP) is 4.18. The lowest BCUT2D eigenvalue weighted by Crippen LogP contribution is -2.05. The van der Waals surface area contributed by atoms with Crippen LogP contribution in [0.4, 0.5) is 39.8 Å². The molecule has 0 aliphatic carbocycles. The number of nitrogens with one attached hydrogen (secondary N) is 1. The van der Waals surface area contributed by atoms with E-state index in [1.165, 1.54) is 24.3 Å². The summed E-state index contributed by atoms with van der Waals surface area (Å²) in [7, 11) is -7.54.